The summed E-state index contributed by atoms with van der Waals surface area (Å²) in [5.74, 6) is -1.71. The van der Waals surface area contributed by atoms with E-state index < -0.39 is 28.5 Å². The second-order valence-electron chi connectivity index (χ2n) is 9.30. The average molecular weight is 603 g/mol. The summed E-state index contributed by atoms with van der Waals surface area (Å²) in [5, 5.41) is 28.9. The molecule has 10 nitrogen and oxygen atoms in total. The lowest BCUT2D eigenvalue weighted by Gasteiger charge is -2.14. The van der Waals surface area contributed by atoms with Gasteiger partial charge in [-0.3, -0.25) is 9.48 Å². The third-order valence-electron chi connectivity index (χ3n) is 6.10. The predicted molar refractivity (Wildman–Crippen MR) is 141 cm³/mol. The lowest BCUT2D eigenvalue weighted by molar-refractivity contribution is -0.392. The van der Waals surface area contributed by atoms with Gasteiger partial charge in [0.25, 0.3) is 0 Å². The first-order valence-electron chi connectivity index (χ1n) is 12.0. The number of halogens is 3. The van der Waals surface area contributed by atoms with E-state index >= 15 is 0 Å². The number of nitro groups is 1. The quantitative estimate of drug-likeness (QED) is 0.175. The number of aryl methyl sites for hydroxylation is 2. The Morgan fingerprint density at radius 3 is 2.56 bits per heavy atom. The zero-order valence-corrected chi connectivity index (χ0v) is 22.9. The summed E-state index contributed by atoms with van der Waals surface area (Å²) >= 11 is 2.92. The van der Waals surface area contributed by atoms with Crippen LogP contribution in [0.4, 0.5) is 14.6 Å². The molecular weight excluding hydrogens is 578 g/mol. The molecule has 1 aliphatic rings. The van der Waals surface area contributed by atoms with Crippen molar-refractivity contribution in [3.05, 3.63) is 97.2 Å². The number of benzene rings is 1. The summed E-state index contributed by atoms with van der Waals surface area (Å²) in [5.41, 5.74) is 3.23. The highest BCUT2D eigenvalue weighted by atomic mass is 79.9. The topological polar surface area (TPSA) is 129 Å². The Kier molecular flexibility index (Phi) is 8.31. The molecule has 1 N–H and O–H groups in total. The smallest absolute Gasteiger partial charge is 0.389 e. The molecule has 1 saturated carbocycles. The third kappa shape index (κ3) is 6.60. The summed E-state index contributed by atoms with van der Waals surface area (Å²) in [4.78, 5) is 25.6. The van der Waals surface area contributed by atoms with E-state index in [9.17, 15) is 28.8 Å². The van der Waals surface area contributed by atoms with Gasteiger partial charge in [0, 0.05) is 24.4 Å². The van der Waals surface area contributed by atoms with Gasteiger partial charge in [-0.1, -0.05) is 0 Å². The highest BCUT2D eigenvalue weighted by Crippen LogP contribution is 2.33. The number of rotatable bonds is 7. The van der Waals surface area contributed by atoms with Gasteiger partial charge in [0.05, 0.1) is 22.0 Å². The van der Waals surface area contributed by atoms with Crippen LogP contribution in [0.1, 0.15) is 59.0 Å². The standard InChI is InChI=1S/C21H23FN4O2.C5H2BrFN2O2/c1-12-8-20(21(28)18-11-16(25(3)24-18)9-14-4-5-14)26(23-12)19-7-6-15(22)10-17(19)13(2)27;6-3-1-4(7)5(8-2-3)9(10)11/h6-8,10-11,13-14,27H,4-5,9H2,1-3H3;1-2H/t13-;/m1./s1. The molecule has 0 spiro atoms. The minimum atomic E-state index is -0.940. The Morgan fingerprint density at radius 2 is 1.95 bits per heavy atom. The predicted octanol–water partition coefficient (Wildman–Crippen LogP) is 5.18. The largest absolute Gasteiger partial charge is 0.399 e. The van der Waals surface area contributed by atoms with E-state index in [2.05, 4.69) is 31.1 Å². The Hall–Kier alpha value is -3.84. The molecule has 0 amide bonds. The summed E-state index contributed by atoms with van der Waals surface area (Å²) in [6.45, 7) is 3.34. The summed E-state index contributed by atoms with van der Waals surface area (Å²) in [6.07, 6.45) is 3.65. The number of aliphatic hydroxyl groups excluding tert-OH is 1. The van der Waals surface area contributed by atoms with E-state index in [4.69, 9.17) is 0 Å². The fourth-order valence-corrected chi connectivity index (χ4v) is 4.30. The van der Waals surface area contributed by atoms with Crippen molar-refractivity contribution in [2.24, 2.45) is 13.0 Å². The first-order chi connectivity index (χ1) is 18.4. The number of aromatic nitrogens is 5. The van der Waals surface area contributed by atoms with Gasteiger partial charge in [0.15, 0.2) is 6.20 Å². The summed E-state index contributed by atoms with van der Waals surface area (Å²) in [6, 6.07) is 8.60. The number of nitrogens with zero attached hydrogens (tertiary/aromatic N) is 6. The van der Waals surface area contributed by atoms with Crippen molar-refractivity contribution in [1.82, 2.24) is 24.5 Å². The second kappa shape index (κ2) is 11.5. The first kappa shape index (κ1) is 28.2. The summed E-state index contributed by atoms with van der Waals surface area (Å²) < 4.78 is 29.9. The molecule has 0 saturated heterocycles. The van der Waals surface area contributed by atoms with Crippen molar-refractivity contribution < 1.29 is 23.6 Å². The fourth-order valence-electron chi connectivity index (χ4n) is 4.00. The van der Waals surface area contributed by atoms with Gasteiger partial charge in [-0.15, -0.1) is 0 Å². The molecule has 1 atom stereocenters. The SMILES string of the molecule is Cc1cc(C(=O)c2cc(CC3CC3)n(C)n2)n(-c2ccc(F)cc2[C@@H](C)O)n1.O=[N+]([O-])c1ncc(Br)cc1F. The Labute approximate surface area is 230 Å². The van der Waals surface area contributed by atoms with Gasteiger partial charge in [-0.2, -0.15) is 14.6 Å². The van der Waals surface area contributed by atoms with Gasteiger partial charge < -0.3 is 15.2 Å². The Morgan fingerprint density at radius 1 is 1.23 bits per heavy atom. The molecule has 1 fully saturated rings. The fraction of sp³-hybridized carbons (Fsp3) is 0.308. The molecule has 13 heteroatoms. The van der Waals surface area contributed by atoms with Crippen LogP contribution in [-0.4, -0.2) is 40.4 Å². The molecule has 39 heavy (non-hydrogen) atoms. The maximum atomic E-state index is 13.7. The molecule has 1 aromatic carbocycles. The molecule has 3 aromatic heterocycles. The molecule has 0 bridgehead atoms. The maximum absolute atomic E-state index is 13.7. The Bertz CT molecular complexity index is 1550. The monoisotopic (exact) mass is 602 g/mol. The number of hydrogen-bond donors (Lipinski definition) is 1. The van der Waals surface area contributed by atoms with Crippen LogP contribution in [0, 0.1) is 34.6 Å². The molecule has 0 unspecified atom stereocenters. The van der Waals surface area contributed by atoms with Crippen molar-refractivity contribution in [2.45, 2.75) is 39.2 Å². The van der Waals surface area contributed by atoms with Gasteiger partial charge in [0.1, 0.15) is 17.2 Å². The normalized spacial score (nSPS) is 13.5. The molecule has 0 radical (unpaired) electrons. The van der Waals surface area contributed by atoms with E-state index in [0.29, 0.717) is 38.7 Å². The number of aliphatic hydroxyl groups is 1. The zero-order chi connectivity index (χ0) is 28.4. The number of carbonyl (C=O) groups excluding carboxylic acids is 1. The number of hydrogen-bond acceptors (Lipinski definition) is 7. The van der Waals surface area contributed by atoms with Gasteiger partial charge in [0.2, 0.25) is 11.6 Å². The van der Waals surface area contributed by atoms with Crippen LogP contribution in [0.15, 0.2) is 47.1 Å². The molecule has 4 aromatic rings. The molecular formula is C26H25BrF2N6O4. The minimum Gasteiger partial charge on any atom is -0.389 e. The highest BCUT2D eigenvalue weighted by Gasteiger charge is 2.26. The van der Waals surface area contributed by atoms with Crippen molar-refractivity contribution >= 4 is 27.5 Å². The van der Waals surface area contributed by atoms with Gasteiger partial charge >= 0.3 is 5.82 Å². The van der Waals surface area contributed by atoms with E-state index in [1.165, 1.54) is 41.9 Å². The van der Waals surface area contributed by atoms with Crippen LogP contribution >= 0.6 is 15.9 Å². The maximum Gasteiger partial charge on any atom is 0.399 e. The third-order valence-corrected chi connectivity index (χ3v) is 6.53. The molecule has 3 heterocycles. The van der Waals surface area contributed by atoms with E-state index in [1.54, 1.807) is 24.6 Å². The van der Waals surface area contributed by atoms with Crippen LogP contribution < -0.4 is 0 Å². The lowest BCUT2D eigenvalue weighted by atomic mass is 10.1. The lowest BCUT2D eigenvalue weighted by Crippen LogP contribution is -2.13. The van der Waals surface area contributed by atoms with Crippen LogP contribution in [0.2, 0.25) is 0 Å². The second-order valence-corrected chi connectivity index (χ2v) is 10.2. The van der Waals surface area contributed by atoms with Gasteiger partial charge in [-0.25, -0.2) is 9.07 Å². The van der Waals surface area contributed by atoms with E-state index in [0.717, 1.165) is 18.2 Å². The van der Waals surface area contributed by atoms with Crippen molar-refractivity contribution in [2.75, 3.05) is 0 Å². The summed E-state index contributed by atoms with van der Waals surface area (Å²) in [7, 11) is 1.85. The van der Waals surface area contributed by atoms with Crippen LogP contribution in [0.5, 0.6) is 0 Å². The molecule has 1 aliphatic carbocycles. The van der Waals surface area contributed by atoms with Gasteiger partial charge in [-0.05, 0) is 95.2 Å². The van der Waals surface area contributed by atoms with Crippen LogP contribution in [-0.2, 0) is 13.5 Å². The molecule has 5 rings (SSSR count). The number of pyridine rings is 1. The van der Waals surface area contributed by atoms with Crippen LogP contribution in [0.25, 0.3) is 5.69 Å². The van der Waals surface area contributed by atoms with Crippen molar-refractivity contribution in [3.8, 4) is 5.69 Å². The molecule has 0 aliphatic heterocycles. The minimum absolute atomic E-state index is 0.251. The number of ketones is 1. The van der Waals surface area contributed by atoms with E-state index in [1.807, 2.05) is 13.1 Å². The molecule has 204 valence electrons. The number of carbonyl (C=O) groups is 1. The first-order valence-corrected chi connectivity index (χ1v) is 12.8. The highest BCUT2D eigenvalue weighted by molar-refractivity contribution is 9.10. The Balaban J connectivity index is 0.000000270. The average Bonchev–Trinajstić information content (AvgIpc) is 3.49. The zero-order valence-electron chi connectivity index (χ0n) is 21.3. The van der Waals surface area contributed by atoms with Crippen molar-refractivity contribution in [3.63, 3.8) is 0 Å². The van der Waals surface area contributed by atoms with Crippen molar-refractivity contribution in [1.29, 1.82) is 0 Å². The van der Waals surface area contributed by atoms with E-state index in [-0.39, 0.29) is 5.78 Å². The van der Waals surface area contributed by atoms with Crippen LogP contribution in [0.3, 0.4) is 0 Å².